The summed E-state index contributed by atoms with van der Waals surface area (Å²) in [6.45, 7) is 10.5. The minimum Gasteiger partial charge on any atom is -0.469 e. The summed E-state index contributed by atoms with van der Waals surface area (Å²) in [7, 11) is -0.148. The first-order valence-electron chi connectivity index (χ1n) is 6.74. The zero-order valence-electron chi connectivity index (χ0n) is 12.0. The smallest absolute Gasteiger partial charge is 0.461 e. The number of hydrogen-bond donors (Lipinski definition) is 0. The number of rotatable bonds is 4. The van der Waals surface area contributed by atoms with E-state index in [0.29, 0.717) is 5.82 Å². The van der Waals surface area contributed by atoms with E-state index >= 15 is 0 Å². The molecule has 1 aliphatic rings. The molecule has 1 unspecified atom stereocenters. The van der Waals surface area contributed by atoms with Gasteiger partial charge in [-0.25, -0.2) is 0 Å². The fourth-order valence-corrected chi connectivity index (χ4v) is 2.20. The Morgan fingerprint density at radius 1 is 1.17 bits per heavy atom. The van der Waals surface area contributed by atoms with Gasteiger partial charge in [-0.1, -0.05) is 13.3 Å². The van der Waals surface area contributed by atoms with E-state index < -0.39 is 0 Å². The van der Waals surface area contributed by atoms with Crippen LogP contribution in [0.5, 0.6) is 0 Å². The maximum Gasteiger partial charge on any atom is 0.461 e. The van der Waals surface area contributed by atoms with Crippen LogP contribution in [0, 0.1) is 0 Å². The molecule has 1 fully saturated rings. The van der Waals surface area contributed by atoms with Crippen LogP contribution in [0.15, 0.2) is 22.8 Å². The summed E-state index contributed by atoms with van der Waals surface area (Å²) in [5, 5.41) is 0. The largest absolute Gasteiger partial charge is 0.469 e. The summed E-state index contributed by atoms with van der Waals surface area (Å²) in [5.74, 6) is 1.33. The van der Waals surface area contributed by atoms with Gasteiger partial charge in [0.25, 0.3) is 0 Å². The Kier molecular flexibility index (Phi) is 3.61. The summed E-state index contributed by atoms with van der Waals surface area (Å²) in [6.07, 6.45) is 3.59. The van der Waals surface area contributed by atoms with Crippen molar-refractivity contribution in [1.29, 1.82) is 0 Å². The van der Waals surface area contributed by atoms with Gasteiger partial charge in [0.2, 0.25) is 0 Å². The van der Waals surface area contributed by atoms with E-state index in [1.165, 1.54) is 0 Å². The van der Waals surface area contributed by atoms with Crippen LogP contribution in [0.1, 0.15) is 46.8 Å². The lowest BCUT2D eigenvalue weighted by Crippen LogP contribution is -2.41. The number of furan rings is 1. The first-order valence-corrected chi connectivity index (χ1v) is 6.74. The molecule has 0 aliphatic carbocycles. The molecule has 0 spiro atoms. The Morgan fingerprint density at radius 2 is 1.78 bits per heavy atom. The Morgan fingerprint density at radius 3 is 2.22 bits per heavy atom. The highest BCUT2D eigenvalue weighted by Crippen LogP contribution is 2.41. The molecule has 0 aromatic carbocycles. The lowest BCUT2D eigenvalue weighted by molar-refractivity contribution is 0.00578. The molecule has 3 nitrogen and oxygen atoms in total. The minimum absolute atomic E-state index is 0.148. The topological polar surface area (TPSA) is 31.6 Å². The van der Waals surface area contributed by atoms with E-state index in [-0.39, 0.29) is 18.3 Å². The van der Waals surface area contributed by atoms with Crippen molar-refractivity contribution < 1.29 is 13.7 Å². The molecule has 1 aromatic heterocycles. The van der Waals surface area contributed by atoms with Gasteiger partial charge in [0.05, 0.1) is 17.5 Å². The van der Waals surface area contributed by atoms with Crippen LogP contribution in [0.3, 0.4) is 0 Å². The molecular weight excluding hydrogens is 227 g/mol. The van der Waals surface area contributed by atoms with Gasteiger partial charge in [0, 0.05) is 12.2 Å². The Balaban J connectivity index is 2.06. The Bertz CT molecular complexity index is 368. The maximum atomic E-state index is 6.10. The summed E-state index contributed by atoms with van der Waals surface area (Å²) in [5.41, 5.74) is -0.511. The average Bonchev–Trinajstić information content (AvgIpc) is 2.82. The van der Waals surface area contributed by atoms with E-state index in [1.807, 2.05) is 12.1 Å². The fourth-order valence-electron chi connectivity index (χ4n) is 2.20. The van der Waals surface area contributed by atoms with Crippen LogP contribution in [0.25, 0.3) is 0 Å². The van der Waals surface area contributed by atoms with Gasteiger partial charge in [-0.2, -0.15) is 0 Å². The molecule has 1 atom stereocenters. The monoisotopic (exact) mass is 250 g/mol. The summed E-state index contributed by atoms with van der Waals surface area (Å²) in [4.78, 5) is 0. The second kappa shape index (κ2) is 4.74. The quantitative estimate of drug-likeness (QED) is 0.763. The van der Waals surface area contributed by atoms with Crippen molar-refractivity contribution >= 4 is 7.12 Å². The fraction of sp³-hybridized carbons (Fsp3) is 0.714. The van der Waals surface area contributed by atoms with Gasteiger partial charge < -0.3 is 13.7 Å². The van der Waals surface area contributed by atoms with Crippen LogP contribution < -0.4 is 0 Å². The normalized spacial score (nSPS) is 23.3. The summed E-state index contributed by atoms with van der Waals surface area (Å²) in [6, 6.07) is 3.93. The van der Waals surface area contributed by atoms with Crippen molar-refractivity contribution in [2.45, 2.75) is 64.5 Å². The third kappa shape index (κ3) is 2.50. The zero-order chi connectivity index (χ0) is 13.4. The summed E-state index contributed by atoms with van der Waals surface area (Å²) < 4.78 is 17.6. The van der Waals surface area contributed by atoms with E-state index in [9.17, 15) is 0 Å². The third-order valence-electron chi connectivity index (χ3n) is 4.22. The predicted octanol–water partition coefficient (Wildman–Crippen LogP) is 3.69. The molecule has 4 heteroatoms. The molecule has 0 amide bonds. The average molecular weight is 250 g/mol. The van der Waals surface area contributed by atoms with Crippen molar-refractivity contribution in [3.63, 3.8) is 0 Å². The highest BCUT2D eigenvalue weighted by molar-refractivity contribution is 6.47. The molecule has 2 rings (SSSR count). The Hall–Kier alpha value is -0.735. The van der Waals surface area contributed by atoms with Crippen LogP contribution in [0.2, 0.25) is 5.82 Å². The SMILES string of the molecule is CCC(Cc1ccco1)B1OC(C)(C)C(C)(C)O1. The lowest BCUT2D eigenvalue weighted by Gasteiger charge is -2.32. The molecule has 0 radical (unpaired) electrons. The molecule has 100 valence electrons. The van der Waals surface area contributed by atoms with E-state index in [0.717, 1.165) is 18.6 Å². The van der Waals surface area contributed by atoms with Crippen LogP contribution in [-0.4, -0.2) is 18.3 Å². The Labute approximate surface area is 110 Å². The molecule has 0 N–H and O–H groups in total. The molecule has 18 heavy (non-hydrogen) atoms. The first kappa shape index (κ1) is 13.7. The van der Waals surface area contributed by atoms with Crippen molar-refractivity contribution in [2.24, 2.45) is 0 Å². The highest BCUT2D eigenvalue weighted by atomic mass is 16.7. The van der Waals surface area contributed by atoms with E-state index in [4.69, 9.17) is 13.7 Å². The van der Waals surface area contributed by atoms with Gasteiger partial charge in [0.15, 0.2) is 0 Å². The molecule has 1 aliphatic heterocycles. The van der Waals surface area contributed by atoms with Gasteiger partial charge in [-0.15, -0.1) is 0 Å². The lowest BCUT2D eigenvalue weighted by atomic mass is 9.68. The predicted molar refractivity (Wildman–Crippen MR) is 72.5 cm³/mol. The van der Waals surface area contributed by atoms with Crippen molar-refractivity contribution in [3.8, 4) is 0 Å². The van der Waals surface area contributed by atoms with Gasteiger partial charge >= 0.3 is 7.12 Å². The zero-order valence-corrected chi connectivity index (χ0v) is 12.0. The maximum absolute atomic E-state index is 6.10. The van der Waals surface area contributed by atoms with Crippen LogP contribution in [0.4, 0.5) is 0 Å². The minimum atomic E-state index is -0.256. The van der Waals surface area contributed by atoms with Crippen molar-refractivity contribution in [3.05, 3.63) is 24.2 Å². The second-order valence-corrected chi connectivity index (χ2v) is 6.08. The van der Waals surface area contributed by atoms with Crippen LogP contribution in [-0.2, 0) is 15.7 Å². The second-order valence-electron chi connectivity index (χ2n) is 6.08. The molecule has 1 saturated heterocycles. The van der Waals surface area contributed by atoms with E-state index in [2.05, 4.69) is 34.6 Å². The first-order chi connectivity index (χ1) is 8.36. The molecule has 2 heterocycles. The standard InChI is InChI=1S/C14H23BO3/c1-6-11(10-12-8-7-9-16-12)15-17-13(2,3)14(4,5)18-15/h7-9,11H,6,10H2,1-5H3. The van der Waals surface area contributed by atoms with E-state index in [1.54, 1.807) is 6.26 Å². The molecule has 1 aromatic rings. The van der Waals surface area contributed by atoms with Crippen LogP contribution >= 0.6 is 0 Å². The number of hydrogen-bond acceptors (Lipinski definition) is 3. The van der Waals surface area contributed by atoms with Gasteiger partial charge in [-0.05, 0) is 39.8 Å². The molecular formula is C14H23BO3. The summed E-state index contributed by atoms with van der Waals surface area (Å²) >= 11 is 0. The van der Waals surface area contributed by atoms with Gasteiger partial charge in [0.1, 0.15) is 5.76 Å². The highest BCUT2D eigenvalue weighted by Gasteiger charge is 2.53. The van der Waals surface area contributed by atoms with Crippen molar-refractivity contribution in [1.82, 2.24) is 0 Å². The third-order valence-corrected chi connectivity index (χ3v) is 4.22. The van der Waals surface area contributed by atoms with Crippen molar-refractivity contribution in [2.75, 3.05) is 0 Å². The molecule has 0 bridgehead atoms. The molecule has 0 saturated carbocycles. The van der Waals surface area contributed by atoms with Gasteiger partial charge in [-0.3, -0.25) is 0 Å².